The molecule has 2 atom stereocenters. The average Bonchev–Trinajstić information content (AvgIpc) is 2.83. The summed E-state index contributed by atoms with van der Waals surface area (Å²) in [4.78, 5) is 26.4. The average molecular weight is 462 g/mol. The van der Waals surface area contributed by atoms with Crippen molar-refractivity contribution < 1.29 is 9.53 Å². The van der Waals surface area contributed by atoms with Crippen LogP contribution in [-0.2, 0) is 0 Å². The zero-order valence-corrected chi connectivity index (χ0v) is 19.3. The molecule has 2 aromatic carbocycles. The number of aliphatic imine (C=N–C) groups is 1. The first-order valence-electron chi connectivity index (χ1n) is 11.6. The van der Waals surface area contributed by atoms with Gasteiger partial charge in [-0.05, 0) is 44.0 Å². The number of hydrogen-bond acceptors (Lipinski definition) is 6. The molecule has 1 aliphatic rings. The molecule has 6 N–H and O–H groups in total. The van der Waals surface area contributed by atoms with Gasteiger partial charge in [0.2, 0.25) is 5.82 Å². The number of carbonyl (C=O) groups excluding carboxylic acids is 1. The Kier molecular flexibility index (Phi) is 7.41. The second kappa shape index (κ2) is 10.8. The smallest absolute Gasteiger partial charge is 0.289 e. The van der Waals surface area contributed by atoms with Gasteiger partial charge in [0.1, 0.15) is 18.2 Å². The van der Waals surface area contributed by atoms with Gasteiger partial charge in [0.25, 0.3) is 5.91 Å². The monoisotopic (exact) mass is 461 g/mol. The van der Waals surface area contributed by atoms with E-state index in [0.29, 0.717) is 24.5 Å². The third-order valence-corrected chi connectivity index (χ3v) is 5.82. The van der Waals surface area contributed by atoms with Crippen molar-refractivity contribution in [2.24, 2.45) is 16.5 Å². The first kappa shape index (κ1) is 23.3. The largest absolute Gasteiger partial charge is 0.492 e. The lowest BCUT2D eigenvalue weighted by Gasteiger charge is -2.30. The molecule has 9 nitrogen and oxygen atoms in total. The van der Waals surface area contributed by atoms with Crippen molar-refractivity contribution in [2.45, 2.75) is 44.7 Å². The number of aromatic nitrogens is 2. The number of rotatable bonds is 8. The summed E-state index contributed by atoms with van der Waals surface area (Å²) in [5, 5.41) is 7.22. The van der Waals surface area contributed by atoms with E-state index in [-0.39, 0.29) is 29.8 Å². The number of nitrogens with zero attached hydrogens (tertiary/aromatic N) is 3. The molecule has 1 amide bonds. The van der Waals surface area contributed by atoms with Crippen molar-refractivity contribution in [3.8, 4) is 5.75 Å². The minimum atomic E-state index is -0.355. The summed E-state index contributed by atoms with van der Waals surface area (Å²) < 4.78 is 5.64. The second-order valence-corrected chi connectivity index (χ2v) is 8.49. The number of hydrogen-bond donors (Lipinski definition) is 4. The highest BCUT2D eigenvalue weighted by molar-refractivity contribution is 5.96. The molecule has 4 rings (SSSR count). The number of fused-ring (bicyclic) bond motifs is 1. The zero-order valence-electron chi connectivity index (χ0n) is 19.3. The van der Waals surface area contributed by atoms with Crippen LogP contribution in [0.25, 0.3) is 10.9 Å². The Balaban J connectivity index is 1.52. The zero-order chi connectivity index (χ0) is 23.9. The maximum Gasteiger partial charge on any atom is 0.289 e. The molecule has 0 radical (unpaired) electrons. The van der Waals surface area contributed by atoms with Crippen LogP contribution < -0.4 is 26.8 Å². The predicted octanol–water partition coefficient (Wildman–Crippen LogP) is 2.74. The lowest BCUT2D eigenvalue weighted by molar-refractivity contribution is 0.0937. The molecule has 1 heterocycles. The topological polar surface area (TPSA) is 141 Å². The third-order valence-electron chi connectivity index (χ3n) is 5.82. The summed E-state index contributed by atoms with van der Waals surface area (Å²) >= 11 is 0. The number of nitrogens with one attached hydrogen (secondary N) is 2. The van der Waals surface area contributed by atoms with Crippen molar-refractivity contribution in [3.63, 3.8) is 0 Å². The summed E-state index contributed by atoms with van der Waals surface area (Å²) in [6, 6.07) is 15.3. The van der Waals surface area contributed by atoms with Crippen molar-refractivity contribution in [3.05, 3.63) is 59.9 Å². The number of para-hydroxylation sites is 1. The van der Waals surface area contributed by atoms with Crippen molar-refractivity contribution in [1.82, 2.24) is 15.3 Å². The number of benzene rings is 2. The number of carbonyl (C=O) groups is 1. The van der Waals surface area contributed by atoms with Gasteiger partial charge in [-0.3, -0.25) is 4.79 Å². The molecule has 0 aliphatic heterocycles. The molecule has 0 bridgehead atoms. The number of anilines is 1. The van der Waals surface area contributed by atoms with E-state index in [9.17, 15) is 4.79 Å². The van der Waals surface area contributed by atoms with Gasteiger partial charge >= 0.3 is 0 Å². The highest BCUT2D eigenvalue weighted by Crippen LogP contribution is 2.28. The molecule has 34 heavy (non-hydrogen) atoms. The highest BCUT2D eigenvalue weighted by Gasteiger charge is 2.26. The molecule has 1 fully saturated rings. The Bertz CT molecular complexity index is 1160. The molecule has 178 valence electrons. The van der Waals surface area contributed by atoms with Crippen molar-refractivity contribution in [1.29, 1.82) is 0 Å². The maximum absolute atomic E-state index is 12.8. The Labute approximate surface area is 199 Å². The molecular weight excluding hydrogens is 430 g/mol. The van der Waals surface area contributed by atoms with Crippen LogP contribution in [0, 0.1) is 6.92 Å². The number of aryl methyl sites for hydroxylation is 1. The summed E-state index contributed by atoms with van der Waals surface area (Å²) in [6.45, 7) is 2.69. The lowest BCUT2D eigenvalue weighted by Crippen LogP contribution is -2.38. The van der Waals surface area contributed by atoms with Crippen LogP contribution in [-0.4, -0.2) is 47.1 Å². The minimum Gasteiger partial charge on any atom is -0.492 e. The van der Waals surface area contributed by atoms with E-state index >= 15 is 0 Å². The van der Waals surface area contributed by atoms with E-state index in [2.05, 4.69) is 25.6 Å². The Morgan fingerprint density at radius 1 is 1.12 bits per heavy atom. The van der Waals surface area contributed by atoms with Crippen LogP contribution >= 0.6 is 0 Å². The lowest BCUT2D eigenvalue weighted by atomic mass is 9.90. The predicted molar refractivity (Wildman–Crippen MR) is 134 cm³/mol. The van der Waals surface area contributed by atoms with E-state index in [1.54, 1.807) is 0 Å². The normalized spacial score (nSPS) is 17.7. The van der Waals surface area contributed by atoms with Crippen LogP contribution in [0.15, 0.2) is 53.5 Å². The fourth-order valence-electron chi connectivity index (χ4n) is 4.18. The van der Waals surface area contributed by atoms with E-state index in [1.807, 2.05) is 55.5 Å². The minimum absolute atomic E-state index is 0.0182. The quantitative estimate of drug-likeness (QED) is 0.230. The Morgan fingerprint density at radius 2 is 1.91 bits per heavy atom. The molecular formula is C25H31N7O2. The van der Waals surface area contributed by atoms with Crippen LogP contribution in [0.2, 0.25) is 0 Å². The molecule has 2 unspecified atom stereocenters. The highest BCUT2D eigenvalue weighted by atomic mass is 16.5. The number of guanidine groups is 1. The van der Waals surface area contributed by atoms with Crippen molar-refractivity contribution >= 4 is 28.6 Å². The van der Waals surface area contributed by atoms with Crippen LogP contribution in [0.3, 0.4) is 0 Å². The molecule has 1 saturated carbocycles. The summed E-state index contributed by atoms with van der Waals surface area (Å²) in [5.41, 5.74) is 13.1. The molecule has 0 spiro atoms. The molecule has 0 saturated heterocycles. The third kappa shape index (κ3) is 5.92. The first-order chi connectivity index (χ1) is 16.5. The fourth-order valence-corrected chi connectivity index (χ4v) is 4.18. The van der Waals surface area contributed by atoms with Gasteiger partial charge in [-0.2, -0.15) is 0 Å². The molecule has 9 heteroatoms. The Morgan fingerprint density at radius 3 is 2.71 bits per heavy atom. The van der Waals surface area contributed by atoms with Crippen LogP contribution in [0.1, 0.15) is 41.9 Å². The number of ether oxygens (including phenoxy) is 1. The summed E-state index contributed by atoms with van der Waals surface area (Å²) in [5.74, 6) is 1.20. The standard InChI is InChI=1S/C25H31N7O2/c1-16-11-12-19-18(15-16)22(30-20-9-5-6-10-21(20)31-25(26)27)32-23(29-19)24(33)28-13-14-34-17-7-3-2-4-8-17/h2-4,7-8,11-12,15,20-21H,5-6,9-10,13-14H2,1H3,(H,28,33)(H4,26,27,31)(H,29,30,32). The first-order valence-corrected chi connectivity index (χ1v) is 11.6. The summed E-state index contributed by atoms with van der Waals surface area (Å²) in [6.07, 6.45) is 3.95. The van der Waals surface area contributed by atoms with Gasteiger partial charge in [0.15, 0.2) is 5.96 Å². The van der Waals surface area contributed by atoms with E-state index in [4.69, 9.17) is 16.2 Å². The van der Waals surface area contributed by atoms with Gasteiger partial charge in [-0.25, -0.2) is 15.0 Å². The maximum atomic E-state index is 12.8. The van der Waals surface area contributed by atoms with E-state index in [0.717, 1.165) is 42.4 Å². The second-order valence-electron chi connectivity index (χ2n) is 8.49. The van der Waals surface area contributed by atoms with Gasteiger partial charge in [0, 0.05) is 5.39 Å². The Hall–Kier alpha value is -3.88. The number of amides is 1. The van der Waals surface area contributed by atoms with Gasteiger partial charge in [-0.15, -0.1) is 0 Å². The van der Waals surface area contributed by atoms with Gasteiger partial charge in [-0.1, -0.05) is 42.7 Å². The molecule has 1 aromatic heterocycles. The molecule has 1 aliphatic carbocycles. The van der Waals surface area contributed by atoms with Gasteiger partial charge in [0.05, 0.1) is 24.1 Å². The van der Waals surface area contributed by atoms with Crippen molar-refractivity contribution in [2.75, 3.05) is 18.5 Å². The van der Waals surface area contributed by atoms with E-state index in [1.165, 1.54) is 0 Å². The number of nitrogens with two attached hydrogens (primary N) is 2. The SMILES string of the molecule is Cc1ccc2nc(C(=O)NCCOc3ccccc3)nc(NC3CCCCC3N=C(N)N)c2c1. The molecule has 3 aromatic rings. The van der Waals surface area contributed by atoms with Crippen LogP contribution in [0.5, 0.6) is 5.75 Å². The van der Waals surface area contributed by atoms with Crippen LogP contribution in [0.4, 0.5) is 5.82 Å². The van der Waals surface area contributed by atoms with E-state index < -0.39 is 0 Å². The fraction of sp³-hybridized carbons (Fsp3) is 0.360. The summed E-state index contributed by atoms with van der Waals surface area (Å²) in [7, 11) is 0. The van der Waals surface area contributed by atoms with Gasteiger partial charge < -0.3 is 26.8 Å².